The molecule has 0 aromatic heterocycles. The molecule has 0 radical (unpaired) electrons. The summed E-state index contributed by atoms with van der Waals surface area (Å²) in [4.78, 5) is 23.7. The fraction of sp³-hybridized carbons (Fsp3) is 0.529. The number of alkyl halides is 3. The molecule has 1 unspecified atom stereocenters. The molecule has 2 rings (SSSR count). The van der Waals surface area contributed by atoms with Crippen molar-refractivity contribution in [3.05, 3.63) is 35.4 Å². The van der Waals surface area contributed by atoms with Crippen LogP contribution in [0.5, 0.6) is 0 Å². The van der Waals surface area contributed by atoms with Crippen LogP contribution in [0.2, 0.25) is 0 Å². The number of hydrogen-bond acceptors (Lipinski definition) is 3. The summed E-state index contributed by atoms with van der Waals surface area (Å²) >= 11 is 0. The number of benzene rings is 1. The van der Waals surface area contributed by atoms with Crippen LogP contribution in [0.4, 0.5) is 13.2 Å². The van der Waals surface area contributed by atoms with Gasteiger partial charge < -0.3 is 16.0 Å². The summed E-state index contributed by atoms with van der Waals surface area (Å²) in [6.07, 6.45) is -1.55. The maximum atomic E-state index is 12.9. The van der Waals surface area contributed by atoms with Crippen molar-refractivity contribution in [2.75, 3.05) is 26.2 Å². The van der Waals surface area contributed by atoms with Gasteiger partial charge in [-0.15, -0.1) is 12.4 Å². The van der Waals surface area contributed by atoms with Gasteiger partial charge in [0.25, 0.3) is 5.91 Å². The van der Waals surface area contributed by atoms with Crippen LogP contribution in [0.3, 0.4) is 0 Å². The molecule has 9 heteroatoms. The van der Waals surface area contributed by atoms with E-state index in [0.717, 1.165) is 44.5 Å². The smallest absolute Gasteiger partial charge is 0.355 e. The summed E-state index contributed by atoms with van der Waals surface area (Å²) in [6, 6.07) is 4.49. The van der Waals surface area contributed by atoms with Crippen molar-refractivity contribution in [2.24, 2.45) is 5.92 Å². The van der Waals surface area contributed by atoms with Gasteiger partial charge in [-0.2, -0.15) is 13.2 Å². The van der Waals surface area contributed by atoms with Crippen molar-refractivity contribution in [3.8, 4) is 0 Å². The normalized spacial score (nSPS) is 17.1. The molecule has 1 atom stereocenters. The second kappa shape index (κ2) is 10.4. The molecule has 1 aliphatic heterocycles. The summed E-state index contributed by atoms with van der Waals surface area (Å²) in [5.74, 6) is -0.816. The van der Waals surface area contributed by atoms with Gasteiger partial charge in [0.05, 0.1) is 17.7 Å². The van der Waals surface area contributed by atoms with Crippen molar-refractivity contribution in [1.29, 1.82) is 0 Å². The van der Waals surface area contributed by atoms with Crippen molar-refractivity contribution < 1.29 is 22.8 Å². The van der Waals surface area contributed by atoms with E-state index in [1.165, 1.54) is 12.1 Å². The van der Waals surface area contributed by atoms with Crippen molar-refractivity contribution in [1.82, 2.24) is 16.0 Å². The second-order valence-electron chi connectivity index (χ2n) is 6.08. The van der Waals surface area contributed by atoms with Gasteiger partial charge in [-0.1, -0.05) is 12.1 Å². The Labute approximate surface area is 156 Å². The third-order valence-electron chi connectivity index (χ3n) is 4.16. The molecular weight excluding hydrogens is 371 g/mol. The van der Waals surface area contributed by atoms with Crippen LogP contribution in [0.25, 0.3) is 0 Å². The minimum atomic E-state index is -4.62. The van der Waals surface area contributed by atoms with Gasteiger partial charge in [0.2, 0.25) is 5.91 Å². The maximum Gasteiger partial charge on any atom is 0.417 e. The third-order valence-corrected chi connectivity index (χ3v) is 4.16. The second-order valence-corrected chi connectivity index (χ2v) is 6.08. The van der Waals surface area contributed by atoms with Crippen LogP contribution >= 0.6 is 12.4 Å². The molecule has 0 spiro atoms. The summed E-state index contributed by atoms with van der Waals surface area (Å²) in [7, 11) is 0. The average Bonchev–Trinajstić information content (AvgIpc) is 2.60. The van der Waals surface area contributed by atoms with Crippen LogP contribution in [0.1, 0.15) is 35.2 Å². The highest BCUT2D eigenvalue weighted by atomic mass is 35.5. The van der Waals surface area contributed by atoms with Crippen molar-refractivity contribution >= 4 is 24.2 Å². The predicted octanol–water partition coefficient (Wildman–Crippen LogP) is 2.36. The van der Waals surface area contributed by atoms with E-state index in [4.69, 9.17) is 0 Å². The van der Waals surface area contributed by atoms with Gasteiger partial charge in [-0.25, -0.2) is 0 Å². The Balaban J connectivity index is 0.00000338. The topological polar surface area (TPSA) is 70.2 Å². The monoisotopic (exact) mass is 393 g/mol. The fourth-order valence-electron chi connectivity index (χ4n) is 2.83. The largest absolute Gasteiger partial charge is 0.417 e. The lowest BCUT2D eigenvalue weighted by Crippen LogP contribution is -2.39. The van der Waals surface area contributed by atoms with Crippen LogP contribution in [-0.4, -0.2) is 38.0 Å². The fourth-order valence-corrected chi connectivity index (χ4v) is 2.83. The quantitative estimate of drug-likeness (QED) is 0.695. The first-order valence-electron chi connectivity index (χ1n) is 8.30. The number of carbonyl (C=O) groups is 2. The molecule has 2 amide bonds. The van der Waals surface area contributed by atoms with E-state index in [2.05, 4.69) is 16.0 Å². The zero-order chi connectivity index (χ0) is 18.3. The molecule has 146 valence electrons. The van der Waals surface area contributed by atoms with Crippen LogP contribution in [0.15, 0.2) is 24.3 Å². The molecule has 0 saturated carbocycles. The number of amides is 2. The lowest BCUT2D eigenvalue weighted by atomic mass is 9.96. The first-order valence-corrected chi connectivity index (χ1v) is 8.30. The molecule has 1 fully saturated rings. The average molecular weight is 394 g/mol. The molecule has 26 heavy (non-hydrogen) atoms. The molecule has 0 bridgehead atoms. The minimum Gasteiger partial charge on any atom is -0.355 e. The summed E-state index contributed by atoms with van der Waals surface area (Å²) in [5, 5.41) is 8.20. The highest BCUT2D eigenvalue weighted by Crippen LogP contribution is 2.31. The first kappa shape index (κ1) is 22.2. The van der Waals surface area contributed by atoms with Gasteiger partial charge in [0.1, 0.15) is 0 Å². The van der Waals surface area contributed by atoms with E-state index < -0.39 is 29.1 Å². The summed E-state index contributed by atoms with van der Waals surface area (Å²) in [5.41, 5.74) is -1.51. The lowest BCUT2D eigenvalue weighted by Gasteiger charge is -2.22. The number of hydrogen-bond donors (Lipinski definition) is 3. The Hall–Kier alpha value is -1.80. The number of carbonyl (C=O) groups excluding carboxylic acids is 2. The summed E-state index contributed by atoms with van der Waals surface area (Å²) < 4.78 is 38.7. The van der Waals surface area contributed by atoms with Gasteiger partial charge >= 0.3 is 6.18 Å². The lowest BCUT2D eigenvalue weighted by molar-refractivity contribution is -0.137. The Kier molecular flexibility index (Phi) is 8.87. The standard InChI is InChI=1S/C17H22F3N3O2.ClH/c18-17(19,20)14-6-2-1-5-13(14)16(25)23-11-15(24)22-9-7-12-4-3-8-21-10-12;/h1-2,5-6,12,21H,3-4,7-11H2,(H,22,24)(H,23,25);1H. The number of halogens is 4. The van der Waals surface area contributed by atoms with Crippen LogP contribution < -0.4 is 16.0 Å². The molecule has 1 heterocycles. The highest BCUT2D eigenvalue weighted by Gasteiger charge is 2.34. The van der Waals surface area contributed by atoms with Gasteiger partial charge in [0.15, 0.2) is 0 Å². The minimum absolute atomic E-state index is 0. The van der Waals surface area contributed by atoms with E-state index in [0.29, 0.717) is 12.5 Å². The van der Waals surface area contributed by atoms with E-state index >= 15 is 0 Å². The Morgan fingerprint density at radius 1 is 1.19 bits per heavy atom. The van der Waals surface area contributed by atoms with Crippen molar-refractivity contribution in [3.63, 3.8) is 0 Å². The number of piperidine rings is 1. The van der Waals surface area contributed by atoms with Gasteiger partial charge in [-0.05, 0) is 50.4 Å². The number of rotatable bonds is 6. The number of nitrogens with one attached hydrogen (secondary N) is 3. The van der Waals surface area contributed by atoms with Crippen LogP contribution in [-0.2, 0) is 11.0 Å². The van der Waals surface area contributed by atoms with E-state index in [9.17, 15) is 22.8 Å². The molecule has 1 aliphatic rings. The Morgan fingerprint density at radius 2 is 1.92 bits per heavy atom. The molecule has 0 aliphatic carbocycles. The van der Waals surface area contributed by atoms with Crippen LogP contribution in [0, 0.1) is 5.92 Å². The summed E-state index contributed by atoms with van der Waals surface area (Å²) in [6.45, 7) is 2.09. The third kappa shape index (κ3) is 6.84. The molecular formula is C17H23ClF3N3O2. The molecule has 1 aromatic carbocycles. The van der Waals surface area contributed by atoms with Gasteiger partial charge in [-0.3, -0.25) is 9.59 Å². The van der Waals surface area contributed by atoms with Gasteiger partial charge in [0, 0.05) is 6.54 Å². The van der Waals surface area contributed by atoms with Crippen molar-refractivity contribution in [2.45, 2.75) is 25.4 Å². The molecule has 5 nitrogen and oxygen atoms in total. The van der Waals surface area contributed by atoms with E-state index in [1.807, 2.05) is 0 Å². The maximum absolute atomic E-state index is 12.9. The van der Waals surface area contributed by atoms with E-state index in [1.54, 1.807) is 0 Å². The molecule has 1 saturated heterocycles. The Morgan fingerprint density at radius 3 is 2.58 bits per heavy atom. The molecule has 3 N–H and O–H groups in total. The zero-order valence-electron chi connectivity index (χ0n) is 14.2. The first-order chi connectivity index (χ1) is 11.9. The predicted molar refractivity (Wildman–Crippen MR) is 94.2 cm³/mol. The SMILES string of the molecule is Cl.O=C(CNC(=O)c1ccccc1C(F)(F)F)NCCC1CCCNC1. The van der Waals surface area contributed by atoms with E-state index in [-0.39, 0.29) is 19.0 Å². The molecule has 1 aromatic rings. The highest BCUT2D eigenvalue weighted by molar-refractivity contribution is 5.97. The Bertz CT molecular complexity index is 605. The zero-order valence-corrected chi connectivity index (χ0v) is 15.0.